The molecule has 0 aliphatic heterocycles. The van der Waals surface area contributed by atoms with Crippen LogP contribution in [0.4, 0.5) is 0 Å². The maximum Gasteiger partial charge on any atom is 0.237 e. The molecule has 94 valence electrons. The van der Waals surface area contributed by atoms with E-state index in [1.165, 1.54) is 0 Å². The van der Waals surface area contributed by atoms with Gasteiger partial charge in [0.05, 0.1) is 6.07 Å². The molecule has 0 radical (unpaired) electrons. The van der Waals surface area contributed by atoms with Gasteiger partial charge in [-0.1, -0.05) is 13.8 Å². The van der Waals surface area contributed by atoms with Crippen molar-refractivity contribution in [2.45, 2.75) is 26.7 Å². The van der Waals surface area contributed by atoms with Crippen LogP contribution in [0.25, 0.3) is 0 Å². The molecule has 0 saturated heterocycles. The summed E-state index contributed by atoms with van der Waals surface area (Å²) >= 11 is 0. The van der Waals surface area contributed by atoms with E-state index in [1.807, 2.05) is 19.9 Å². The predicted octanol–water partition coefficient (Wildman–Crippen LogP) is 0.425. The molecule has 0 heterocycles. The van der Waals surface area contributed by atoms with Gasteiger partial charge in [-0.2, -0.15) is 5.26 Å². The van der Waals surface area contributed by atoms with E-state index in [2.05, 4.69) is 10.6 Å². The third-order valence-electron chi connectivity index (χ3n) is 2.76. The second-order valence-electron chi connectivity index (χ2n) is 4.71. The quantitative estimate of drug-likeness (QED) is 0.657. The number of carbonyl (C=O) groups excluding carboxylic acids is 2. The molecular formula is C12H19N3O2. The highest BCUT2D eigenvalue weighted by molar-refractivity contribution is 5.82. The first-order valence-corrected chi connectivity index (χ1v) is 6.01. The summed E-state index contributed by atoms with van der Waals surface area (Å²) in [6.45, 7) is 4.48. The summed E-state index contributed by atoms with van der Waals surface area (Å²) in [6, 6.07) is 1.98. The summed E-state index contributed by atoms with van der Waals surface area (Å²) in [5.74, 6) is -0.619. The maximum absolute atomic E-state index is 11.6. The Hall–Kier alpha value is -1.57. The van der Waals surface area contributed by atoms with Crippen LogP contribution in [0.5, 0.6) is 0 Å². The van der Waals surface area contributed by atoms with Gasteiger partial charge in [-0.05, 0) is 18.8 Å². The average Bonchev–Trinajstić information content (AvgIpc) is 3.08. The first-order valence-electron chi connectivity index (χ1n) is 6.01. The van der Waals surface area contributed by atoms with Crippen molar-refractivity contribution in [2.75, 3.05) is 13.1 Å². The zero-order valence-electron chi connectivity index (χ0n) is 10.3. The van der Waals surface area contributed by atoms with E-state index in [-0.39, 0.29) is 23.7 Å². The summed E-state index contributed by atoms with van der Waals surface area (Å²) < 4.78 is 0. The molecule has 5 nitrogen and oxygen atoms in total. The molecule has 2 N–H and O–H groups in total. The fraction of sp³-hybridized carbons (Fsp3) is 0.750. The number of nitrogens with zero attached hydrogens (tertiary/aromatic N) is 1. The van der Waals surface area contributed by atoms with Gasteiger partial charge in [-0.3, -0.25) is 9.59 Å². The second-order valence-corrected chi connectivity index (χ2v) is 4.71. The molecule has 1 atom stereocenters. The lowest BCUT2D eigenvalue weighted by molar-refractivity contribution is -0.125. The number of carbonyl (C=O) groups is 2. The van der Waals surface area contributed by atoms with E-state index >= 15 is 0 Å². The van der Waals surface area contributed by atoms with Gasteiger partial charge >= 0.3 is 0 Å². The van der Waals surface area contributed by atoms with Crippen LogP contribution in [0, 0.1) is 29.1 Å². The first-order chi connectivity index (χ1) is 8.06. The molecule has 1 fully saturated rings. The van der Waals surface area contributed by atoms with Crippen molar-refractivity contribution in [2.24, 2.45) is 17.8 Å². The molecule has 17 heavy (non-hydrogen) atoms. The van der Waals surface area contributed by atoms with Crippen LogP contribution in [0.3, 0.4) is 0 Å². The Labute approximate surface area is 102 Å². The molecule has 2 amide bonds. The molecule has 0 spiro atoms. The predicted molar refractivity (Wildman–Crippen MR) is 62.7 cm³/mol. The zero-order valence-corrected chi connectivity index (χ0v) is 10.3. The molecule has 1 rings (SSSR count). The standard InChI is InChI=1S/C12H19N3O2/c1-8(2)10(7-13)12(17)15-6-5-14-11(16)9-3-4-9/h8-10H,3-6H2,1-2H3,(H,14,16)(H,15,17). The number of rotatable bonds is 6. The minimum absolute atomic E-state index is 0.000977. The normalized spacial score (nSPS) is 16.1. The van der Waals surface area contributed by atoms with Crippen molar-refractivity contribution in [1.29, 1.82) is 5.26 Å². The Bertz CT molecular complexity index is 329. The molecule has 0 bridgehead atoms. The van der Waals surface area contributed by atoms with Crippen LogP contribution in [0.15, 0.2) is 0 Å². The number of nitriles is 1. The van der Waals surface area contributed by atoms with Crippen molar-refractivity contribution in [3.63, 3.8) is 0 Å². The van der Waals surface area contributed by atoms with Crippen LogP contribution in [-0.2, 0) is 9.59 Å². The van der Waals surface area contributed by atoms with Gasteiger partial charge in [0.2, 0.25) is 11.8 Å². The van der Waals surface area contributed by atoms with Gasteiger partial charge in [-0.15, -0.1) is 0 Å². The minimum atomic E-state index is -0.617. The van der Waals surface area contributed by atoms with Crippen LogP contribution >= 0.6 is 0 Å². The molecule has 1 unspecified atom stereocenters. The molecule has 1 aliphatic carbocycles. The summed E-state index contributed by atoms with van der Waals surface area (Å²) in [7, 11) is 0. The molecule has 0 aromatic rings. The van der Waals surface area contributed by atoms with E-state index in [1.54, 1.807) is 0 Å². The largest absolute Gasteiger partial charge is 0.354 e. The van der Waals surface area contributed by atoms with Gasteiger partial charge in [0, 0.05) is 19.0 Å². The monoisotopic (exact) mass is 237 g/mol. The summed E-state index contributed by atoms with van der Waals surface area (Å²) in [6.07, 6.45) is 1.95. The van der Waals surface area contributed by atoms with Crippen LogP contribution < -0.4 is 10.6 Å². The van der Waals surface area contributed by atoms with Crippen molar-refractivity contribution < 1.29 is 9.59 Å². The first kappa shape index (κ1) is 13.5. The Morgan fingerprint density at radius 2 is 1.88 bits per heavy atom. The topological polar surface area (TPSA) is 82.0 Å². The summed E-state index contributed by atoms with van der Waals surface area (Å²) in [5.41, 5.74) is 0. The average molecular weight is 237 g/mol. The third kappa shape index (κ3) is 4.43. The Morgan fingerprint density at radius 3 is 2.35 bits per heavy atom. The van der Waals surface area contributed by atoms with E-state index in [9.17, 15) is 9.59 Å². The lowest BCUT2D eigenvalue weighted by atomic mass is 9.97. The van der Waals surface area contributed by atoms with Gasteiger partial charge in [0.15, 0.2) is 0 Å². The third-order valence-corrected chi connectivity index (χ3v) is 2.76. The summed E-state index contributed by atoms with van der Waals surface area (Å²) in [5, 5.41) is 14.2. The lowest BCUT2D eigenvalue weighted by Crippen LogP contribution is -2.38. The number of hydrogen-bond acceptors (Lipinski definition) is 3. The van der Waals surface area contributed by atoms with E-state index in [4.69, 9.17) is 5.26 Å². The minimum Gasteiger partial charge on any atom is -0.354 e. The fourth-order valence-corrected chi connectivity index (χ4v) is 1.48. The Kier molecular flexibility index (Phi) is 4.95. The Balaban J connectivity index is 2.15. The molecule has 0 aromatic carbocycles. The summed E-state index contributed by atoms with van der Waals surface area (Å²) in [4.78, 5) is 22.8. The highest BCUT2D eigenvalue weighted by atomic mass is 16.2. The smallest absolute Gasteiger partial charge is 0.237 e. The second kappa shape index (κ2) is 6.24. The number of hydrogen-bond donors (Lipinski definition) is 2. The maximum atomic E-state index is 11.6. The Morgan fingerprint density at radius 1 is 1.29 bits per heavy atom. The number of amides is 2. The van der Waals surface area contributed by atoms with Crippen molar-refractivity contribution in [1.82, 2.24) is 10.6 Å². The van der Waals surface area contributed by atoms with Gasteiger partial charge in [0.1, 0.15) is 5.92 Å². The van der Waals surface area contributed by atoms with E-state index in [0.717, 1.165) is 12.8 Å². The van der Waals surface area contributed by atoms with Crippen LogP contribution in [0.2, 0.25) is 0 Å². The molecule has 1 saturated carbocycles. The lowest BCUT2D eigenvalue weighted by Gasteiger charge is -2.13. The fourth-order valence-electron chi connectivity index (χ4n) is 1.48. The number of nitrogens with one attached hydrogen (secondary N) is 2. The zero-order chi connectivity index (χ0) is 12.8. The highest BCUT2D eigenvalue weighted by Crippen LogP contribution is 2.28. The van der Waals surface area contributed by atoms with Gasteiger partial charge in [0.25, 0.3) is 0 Å². The SMILES string of the molecule is CC(C)C(C#N)C(=O)NCCNC(=O)C1CC1. The van der Waals surface area contributed by atoms with Crippen LogP contribution in [0.1, 0.15) is 26.7 Å². The van der Waals surface area contributed by atoms with Gasteiger partial charge in [-0.25, -0.2) is 0 Å². The van der Waals surface area contributed by atoms with Crippen molar-refractivity contribution in [3.8, 4) is 6.07 Å². The molecule has 0 aromatic heterocycles. The molecular weight excluding hydrogens is 218 g/mol. The highest BCUT2D eigenvalue weighted by Gasteiger charge is 2.29. The molecule has 1 aliphatic rings. The molecule has 5 heteroatoms. The van der Waals surface area contributed by atoms with E-state index < -0.39 is 5.92 Å². The van der Waals surface area contributed by atoms with Crippen molar-refractivity contribution >= 4 is 11.8 Å². The van der Waals surface area contributed by atoms with Crippen molar-refractivity contribution in [3.05, 3.63) is 0 Å². The van der Waals surface area contributed by atoms with Gasteiger partial charge < -0.3 is 10.6 Å². The van der Waals surface area contributed by atoms with E-state index in [0.29, 0.717) is 13.1 Å². The van der Waals surface area contributed by atoms with Crippen LogP contribution in [-0.4, -0.2) is 24.9 Å².